The predicted molar refractivity (Wildman–Crippen MR) is 129 cm³/mol. The van der Waals surface area contributed by atoms with Gasteiger partial charge in [-0.3, -0.25) is 4.99 Å². The van der Waals surface area contributed by atoms with Crippen molar-refractivity contribution in [3.8, 4) is 0 Å². The second-order valence-corrected chi connectivity index (χ2v) is 9.16. The summed E-state index contributed by atoms with van der Waals surface area (Å²) in [5.74, 6) is 1.45. The average molecular weight is 528 g/mol. The zero-order valence-corrected chi connectivity index (χ0v) is 20.1. The predicted octanol–water partition coefficient (Wildman–Crippen LogP) is 3.93. The Labute approximate surface area is 196 Å². The molecule has 2 heterocycles. The number of piperidine rings is 1. The van der Waals surface area contributed by atoms with Crippen molar-refractivity contribution >= 4 is 35.6 Å². The summed E-state index contributed by atoms with van der Waals surface area (Å²) in [5.41, 5.74) is 1.34. The molecule has 5 rings (SSSR count). The maximum Gasteiger partial charge on any atom is 0.191 e. The Morgan fingerprint density at radius 3 is 2.70 bits per heavy atom. The fourth-order valence-electron chi connectivity index (χ4n) is 6.04. The van der Waals surface area contributed by atoms with Crippen LogP contribution in [0.3, 0.4) is 0 Å². The highest BCUT2D eigenvalue weighted by molar-refractivity contribution is 14.0. The molecule has 2 aliphatic carbocycles. The van der Waals surface area contributed by atoms with E-state index >= 15 is 0 Å². The minimum absolute atomic E-state index is 0. The van der Waals surface area contributed by atoms with Crippen LogP contribution in [0.25, 0.3) is 0 Å². The molecule has 3 atom stereocenters. The minimum Gasteiger partial charge on any atom is -0.377 e. The maximum absolute atomic E-state index is 13.5. The van der Waals surface area contributed by atoms with Gasteiger partial charge in [0.15, 0.2) is 5.96 Å². The van der Waals surface area contributed by atoms with E-state index in [1.165, 1.54) is 31.7 Å². The lowest BCUT2D eigenvalue weighted by atomic mass is 9.46. The molecule has 4 fully saturated rings. The number of benzene rings is 1. The molecule has 0 bridgehead atoms. The van der Waals surface area contributed by atoms with Crippen molar-refractivity contribution in [1.82, 2.24) is 10.6 Å². The van der Waals surface area contributed by atoms with Gasteiger partial charge in [-0.2, -0.15) is 0 Å². The number of anilines is 1. The normalized spacial score (nSPS) is 30.1. The van der Waals surface area contributed by atoms with Crippen molar-refractivity contribution in [2.24, 2.45) is 16.3 Å². The number of aliphatic imine (C=N–C) groups is 1. The summed E-state index contributed by atoms with van der Waals surface area (Å²) in [6.45, 7) is 5.67. The number of nitrogens with one attached hydrogen (secondary N) is 2. The van der Waals surface area contributed by atoms with E-state index in [-0.39, 0.29) is 29.8 Å². The third-order valence-corrected chi connectivity index (χ3v) is 7.65. The van der Waals surface area contributed by atoms with Gasteiger partial charge in [0, 0.05) is 55.3 Å². The largest absolute Gasteiger partial charge is 0.377 e. The molecule has 7 heteroatoms. The van der Waals surface area contributed by atoms with Gasteiger partial charge in [0.2, 0.25) is 0 Å². The molecule has 3 unspecified atom stereocenters. The molecule has 0 radical (unpaired) electrons. The number of guanidine groups is 1. The van der Waals surface area contributed by atoms with Crippen LogP contribution in [0, 0.1) is 17.2 Å². The number of fused-ring (bicyclic) bond motifs is 2. The van der Waals surface area contributed by atoms with Crippen molar-refractivity contribution < 1.29 is 9.13 Å². The lowest BCUT2D eigenvalue weighted by Crippen LogP contribution is -2.72. The van der Waals surface area contributed by atoms with Crippen LogP contribution in [-0.4, -0.2) is 50.4 Å². The third-order valence-electron chi connectivity index (χ3n) is 7.65. The van der Waals surface area contributed by atoms with E-state index in [1.54, 1.807) is 12.1 Å². The van der Waals surface area contributed by atoms with E-state index in [0.29, 0.717) is 29.5 Å². The first-order valence-electron chi connectivity index (χ1n) is 11.4. The Bertz CT molecular complexity index is 763. The van der Waals surface area contributed by atoms with Crippen LogP contribution in [0.1, 0.15) is 45.4 Å². The van der Waals surface area contributed by atoms with Crippen LogP contribution >= 0.6 is 24.0 Å². The average Bonchev–Trinajstić information content (AvgIpc) is 3.10. The molecular formula is C23H34FIN4O. The molecule has 0 aromatic heterocycles. The first-order valence-corrected chi connectivity index (χ1v) is 11.4. The number of ether oxygens (including phenoxy) is 1. The van der Waals surface area contributed by atoms with E-state index in [0.717, 1.165) is 50.7 Å². The molecule has 2 aliphatic heterocycles. The standard InChI is InChI=1S/C23H33FN4O.HI/c1-2-25-22(27-20-19-9-14-29-21(19)23(20)10-4-11-23)26-17-7-12-28(13-8-17)18-6-3-5-16(24)15-18;/h3,5-6,15,17,19-21H,2,4,7-14H2,1H3,(H2,25,26,27);1H. The van der Waals surface area contributed by atoms with E-state index in [2.05, 4.69) is 22.5 Å². The fourth-order valence-corrected chi connectivity index (χ4v) is 6.04. The molecule has 1 aromatic rings. The molecule has 30 heavy (non-hydrogen) atoms. The molecule has 2 saturated carbocycles. The van der Waals surface area contributed by atoms with E-state index < -0.39 is 0 Å². The first-order chi connectivity index (χ1) is 14.2. The Morgan fingerprint density at radius 2 is 2.03 bits per heavy atom. The fraction of sp³-hybridized carbons (Fsp3) is 0.696. The second-order valence-electron chi connectivity index (χ2n) is 9.16. The Hall–Kier alpha value is -1.09. The van der Waals surface area contributed by atoms with Gasteiger partial charge in [0.1, 0.15) is 5.82 Å². The first kappa shape index (κ1) is 22.1. The van der Waals surface area contributed by atoms with Crippen molar-refractivity contribution in [3.05, 3.63) is 30.1 Å². The summed E-state index contributed by atoms with van der Waals surface area (Å²) in [6.07, 6.45) is 7.63. The van der Waals surface area contributed by atoms with Crippen molar-refractivity contribution in [1.29, 1.82) is 0 Å². The van der Waals surface area contributed by atoms with Crippen molar-refractivity contribution in [2.75, 3.05) is 31.1 Å². The summed E-state index contributed by atoms with van der Waals surface area (Å²) in [7, 11) is 0. The van der Waals surface area contributed by atoms with E-state index in [9.17, 15) is 4.39 Å². The number of hydrogen-bond acceptors (Lipinski definition) is 3. The summed E-state index contributed by atoms with van der Waals surface area (Å²) < 4.78 is 19.6. The Balaban J connectivity index is 0.00000218. The molecule has 1 aromatic carbocycles. The third kappa shape index (κ3) is 3.92. The summed E-state index contributed by atoms with van der Waals surface area (Å²) in [5, 5.41) is 7.51. The topological polar surface area (TPSA) is 48.9 Å². The minimum atomic E-state index is -0.163. The molecule has 2 saturated heterocycles. The van der Waals surface area contributed by atoms with Crippen LogP contribution in [0.4, 0.5) is 10.1 Å². The van der Waals surface area contributed by atoms with Gasteiger partial charge in [0.25, 0.3) is 0 Å². The van der Waals surface area contributed by atoms with Gasteiger partial charge >= 0.3 is 0 Å². The molecule has 1 spiro atoms. The van der Waals surface area contributed by atoms with Crippen LogP contribution in [0.2, 0.25) is 0 Å². The summed E-state index contributed by atoms with van der Waals surface area (Å²) in [6, 6.07) is 7.84. The molecular weight excluding hydrogens is 494 g/mol. The SMILES string of the molecule is CCN=C(NC1CCN(c2cccc(F)c2)CC1)NC1C2CCOC2C12CCC2.I. The maximum atomic E-state index is 13.5. The monoisotopic (exact) mass is 528 g/mol. The zero-order valence-electron chi connectivity index (χ0n) is 17.8. The van der Waals surface area contributed by atoms with Gasteiger partial charge in [-0.05, 0) is 57.2 Å². The number of rotatable bonds is 4. The van der Waals surface area contributed by atoms with Crippen LogP contribution in [-0.2, 0) is 4.74 Å². The number of hydrogen-bond donors (Lipinski definition) is 2. The highest BCUT2D eigenvalue weighted by atomic mass is 127. The van der Waals surface area contributed by atoms with Gasteiger partial charge < -0.3 is 20.3 Å². The lowest BCUT2D eigenvalue weighted by Gasteiger charge is -2.63. The molecule has 4 aliphatic rings. The van der Waals surface area contributed by atoms with Gasteiger partial charge in [-0.25, -0.2) is 4.39 Å². The smallest absolute Gasteiger partial charge is 0.191 e. The van der Waals surface area contributed by atoms with Crippen molar-refractivity contribution in [3.63, 3.8) is 0 Å². The highest BCUT2D eigenvalue weighted by Crippen LogP contribution is 2.62. The summed E-state index contributed by atoms with van der Waals surface area (Å²) in [4.78, 5) is 7.04. The second kappa shape index (κ2) is 9.18. The van der Waals surface area contributed by atoms with Gasteiger partial charge in [-0.15, -0.1) is 24.0 Å². The van der Waals surface area contributed by atoms with Crippen molar-refractivity contribution in [2.45, 2.75) is 63.6 Å². The molecule has 5 nitrogen and oxygen atoms in total. The van der Waals surface area contributed by atoms with Crippen LogP contribution < -0.4 is 15.5 Å². The van der Waals surface area contributed by atoms with Gasteiger partial charge in [0.05, 0.1) is 6.10 Å². The van der Waals surface area contributed by atoms with Crippen LogP contribution in [0.15, 0.2) is 29.3 Å². The van der Waals surface area contributed by atoms with E-state index in [1.807, 2.05) is 6.07 Å². The van der Waals surface area contributed by atoms with Gasteiger partial charge in [-0.1, -0.05) is 12.5 Å². The van der Waals surface area contributed by atoms with E-state index in [4.69, 9.17) is 9.73 Å². The number of nitrogens with zero attached hydrogens (tertiary/aromatic N) is 2. The molecule has 166 valence electrons. The molecule has 0 amide bonds. The Morgan fingerprint density at radius 1 is 1.23 bits per heavy atom. The number of halogens is 2. The molecule has 2 N–H and O–H groups in total. The Kier molecular flexibility index (Phi) is 6.77. The lowest BCUT2D eigenvalue weighted by molar-refractivity contribution is -0.171. The highest BCUT2D eigenvalue weighted by Gasteiger charge is 2.66. The quantitative estimate of drug-likeness (QED) is 0.354. The zero-order chi connectivity index (χ0) is 19.8. The van der Waals surface area contributed by atoms with Crippen LogP contribution in [0.5, 0.6) is 0 Å². The summed E-state index contributed by atoms with van der Waals surface area (Å²) >= 11 is 0.